The van der Waals surface area contributed by atoms with Gasteiger partial charge in [0.1, 0.15) is 0 Å². The Hall–Kier alpha value is -0.160. The maximum atomic E-state index is 3.68. The van der Waals surface area contributed by atoms with Crippen molar-refractivity contribution in [1.82, 2.24) is 5.32 Å². The summed E-state index contributed by atoms with van der Waals surface area (Å²) in [4.78, 5) is 1.41. The quantitative estimate of drug-likeness (QED) is 0.621. The highest BCUT2D eigenvalue weighted by Gasteiger charge is 2.16. The second-order valence-corrected chi connectivity index (χ2v) is 7.66. The number of hydrogen-bond acceptors (Lipinski definition) is 2. The van der Waals surface area contributed by atoms with Crippen LogP contribution < -0.4 is 5.32 Å². The van der Waals surface area contributed by atoms with Crippen LogP contribution in [0.15, 0.2) is 38.6 Å². The molecule has 1 aromatic heterocycles. The molecule has 2 aromatic rings. The van der Waals surface area contributed by atoms with Crippen LogP contribution in [-0.2, 0) is 6.42 Å². The van der Waals surface area contributed by atoms with Crippen LogP contribution in [0.5, 0.6) is 0 Å². The van der Waals surface area contributed by atoms with E-state index in [0.717, 1.165) is 19.4 Å². The summed E-state index contributed by atoms with van der Waals surface area (Å²) in [6.07, 6.45) is 2.19. The van der Waals surface area contributed by atoms with Crippen LogP contribution in [0.3, 0.4) is 0 Å². The van der Waals surface area contributed by atoms with Crippen molar-refractivity contribution in [3.05, 3.63) is 54.6 Å². The molecule has 1 heterocycles. The molecular formula is C16H19Br2NS. The monoisotopic (exact) mass is 415 g/mol. The van der Waals surface area contributed by atoms with Crippen molar-refractivity contribution in [1.29, 1.82) is 0 Å². The van der Waals surface area contributed by atoms with Gasteiger partial charge in [0.05, 0.1) is 0 Å². The molecule has 0 bridgehead atoms. The number of thiophene rings is 1. The molecule has 0 aliphatic carbocycles. The lowest BCUT2D eigenvalue weighted by Gasteiger charge is -2.21. The Morgan fingerprint density at radius 2 is 2.10 bits per heavy atom. The fraction of sp³-hybridized carbons (Fsp3) is 0.375. The Balaban J connectivity index is 2.24. The van der Waals surface area contributed by atoms with Crippen molar-refractivity contribution in [2.75, 3.05) is 6.54 Å². The fourth-order valence-corrected chi connectivity index (χ4v) is 4.15. The van der Waals surface area contributed by atoms with Crippen LogP contribution in [0.4, 0.5) is 0 Å². The Morgan fingerprint density at radius 3 is 2.75 bits per heavy atom. The highest BCUT2D eigenvalue weighted by molar-refractivity contribution is 9.10. The predicted molar refractivity (Wildman–Crippen MR) is 95.6 cm³/mol. The molecule has 0 spiro atoms. The van der Waals surface area contributed by atoms with E-state index in [4.69, 9.17) is 0 Å². The number of benzene rings is 1. The van der Waals surface area contributed by atoms with Gasteiger partial charge in [0, 0.05) is 31.7 Å². The SMILES string of the molecule is CCCNC(Cc1cc(Br)cs1)c1cccc(Br)c1C. The first-order chi connectivity index (χ1) is 9.61. The summed E-state index contributed by atoms with van der Waals surface area (Å²) in [5, 5.41) is 5.83. The first-order valence-corrected chi connectivity index (χ1v) is 9.29. The number of halogens is 2. The zero-order valence-electron chi connectivity index (χ0n) is 11.7. The minimum absolute atomic E-state index is 0.373. The van der Waals surface area contributed by atoms with Gasteiger partial charge in [-0.15, -0.1) is 11.3 Å². The molecule has 0 radical (unpaired) electrons. The average Bonchev–Trinajstić information content (AvgIpc) is 2.83. The van der Waals surface area contributed by atoms with Gasteiger partial charge in [-0.25, -0.2) is 0 Å². The molecule has 1 atom stereocenters. The van der Waals surface area contributed by atoms with E-state index < -0.39 is 0 Å². The summed E-state index contributed by atoms with van der Waals surface area (Å²) >= 11 is 9.00. The fourth-order valence-electron chi connectivity index (χ4n) is 2.27. The molecule has 0 aliphatic heterocycles. The van der Waals surface area contributed by atoms with Gasteiger partial charge in [0.15, 0.2) is 0 Å². The van der Waals surface area contributed by atoms with Crippen LogP contribution in [0.25, 0.3) is 0 Å². The second kappa shape index (κ2) is 7.74. The lowest BCUT2D eigenvalue weighted by Crippen LogP contribution is -2.24. The Labute approximate surface area is 142 Å². The third-order valence-electron chi connectivity index (χ3n) is 3.35. The van der Waals surface area contributed by atoms with E-state index in [0.29, 0.717) is 6.04 Å². The molecule has 2 rings (SSSR count). The predicted octanol–water partition coefficient (Wildman–Crippen LogP) is 5.86. The zero-order chi connectivity index (χ0) is 14.5. The molecule has 0 aliphatic rings. The molecule has 4 heteroatoms. The average molecular weight is 417 g/mol. The third-order valence-corrected chi connectivity index (χ3v) is 5.93. The summed E-state index contributed by atoms with van der Waals surface area (Å²) in [6, 6.07) is 9.06. The van der Waals surface area contributed by atoms with Crippen molar-refractivity contribution < 1.29 is 0 Å². The van der Waals surface area contributed by atoms with Gasteiger partial charge in [0.25, 0.3) is 0 Å². The van der Waals surface area contributed by atoms with Gasteiger partial charge in [-0.3, -0.25) is 0 Å². The molecule has 1 N–H and O–H groups in total. The van der Waals surface area contributed by atoms with E-state index in [2.05, 4.69) is 80.7 Å². The second-order valence-electron chi connectivity index (χ2n) is 4.90. The molecule has 20 heavy (non-hydrogen) atoms. The largest absolute Gasteiger partial charge is 0.310 e. The van der Waals surface area contributed by atoms with Crippen molar-refractivity contribution in [3.8, 4) is 0 Å². The van der Waals surface area contributed by atoms with Gasteiger partial charge in [0.2, 0.25) is 0 Å². The summed E-state index contributed by atoms with van der Waals surface area (Å²) in [6.45, 7) is 5.44. The van der Waals surface area contributed by atoms with Gasteiger partial charge >= 0.3 is 0 Å². The molecular weight excluding hydrogens is 398 g/mol. The Kier molecular flexibility index (Phi) is 6.27. The molecule has 1 aromatic carbocycles. The standard InChI is InChI=1S/C16H19Br2NS/c1-3-7-19-16(9-13-8-12(17)10-20-13)14-5-4-6-15(18)11(14)2/h4-6,8,10,16,19H,3,7,9H2,1-2H3. The van der Waals surface area contributed by atoms with Crippen LogP contribution in [0, 0.1) is 6.92 Å². The van der Waals surface area contributed by atoms with Crippen molar-refractivity contribution in [3.63, 3.8) is 0 Å². The lowest BCUT2D eigenvalue weighted by molar-refractivity contribution is 0.530. The molecule has 0 saturated carbocycles. The van der Waals surface area contributed by atoms with Gasteiger partial charge in [-0.1, -0.05) is 35.0 Å². The third kappa shape index (κ3) is 4.17. The van der Waals surface area contributed by atoms with E-state index in [1.807, 2.05) is 11.3 Å². The van der Waals surface area contributed by atoms with E-state index >= 15 is 0 Å². The van der Waals surface area contributed by atoms with Crippen LogP contribution >= 0.6 is 43.2 Å². The van der Waals surface area contributed by atoms with Crippen LogP contribution in [-0.4, -0.2) is 6.54 Å². The van der Waals surface area contributed by atoms with Crippen LogP contribution in [0.1, 0.15) is 35.4 Å². The van der Waals surface area contributed by atoms with E-state index in [-0.39, 0.29) is 0 Å². The summed E-state index contributed by atoms with van der Waals surface area (Å²) in [5.74, 6) is 0. The highest BCUT2D eigenvalue weighted by Crippen LogP contribution is 2.29. The summed E-state index contributed by atoms with van der Waals surface area (Å²) < 4.78 is 2.36. The smallest absolute Gasteiger partial charge is 0.0371 e. The number of nitrogens with one attached hydrogen (secondary N) is 1. The molecule has 108 valence electrons. The maximum absolute atomic E-state index is 3.68. The van der Waals surface area contributed by atoms with E-state index in [1.54, 1.807) is 0 Å². The van der Waals surface area contributed by atoms with Gasteiger partial charge in [-0.05, 0) is 59.1 Å². The molecule has 0 amide bonds. The molecule has 0 fully saturated rings. The molecule has 0 saturated heterocycles. The lowest BCUT2D eigenvalue weighted by atomic mass is 9.98. The minimum Gasteiger partial charge on any atom is -0.310 e. The Morgan fingerprint density at radius 1 is 1.30 bits per heavy atom. The molecule has 1 nitrogen and oxygen atoms in total. The first-order valence-electron chi connectivity index (χ1n) is 6.83. The Bertz CT molecular complexity index is 565. The number of hydrogen-bond donors (Lipinski definition) is 1. The maximum Gasteiger partial charge on any atom is 0.0371 e. The first kappa shape index (κ1) is 16.2. The van der Waals surface area contributed by atoms with Crippen molar-refractivity contribution in [2.45, 2.75) is 32.7 Å². The topological polar surface area (TPSA) is 12.0 Å². The van der Waals surface area contributed by atoms with Gasteiger partial charge < -0.3 is 5.32 Å². The highest BCUT2D eigenvalue weighted by atomic mass is 79.9. The van der Waals surface area contributed by atoms with Crippen molar-refractivity contribution in [2.24, 2.45) is 0 Å². The summed E-state index contributed by atoms with van der Waals surface area (Å²) in [5.41, 5.74) is 2.72. The van der Waals surface area contributed by atoms with E-state index in [1.165, 1.54) is 24.9 Å². The van der Waals surface area contributed by atoms with E-state index in [9.17, 15) is 0 Å². The van der Waals surface area contributed by atoms with Gasteiger partial charge in [-0.2, -0.15) is 0 Å². The van der Waals surface area contributed by atoms with Crippen molar-refractivity contribution >= 4 is 43.2 Å². The molecule has 1 unspecified atom stereocenters. The number of rotatable bonds is 6. The normalized spacial score (nSPS) is 12.6. The minimum atomic E-state index is 0.373. The van der Waals surface area contributed by atoms with Crippen LogP contribution in [0.2, 0.25) is 0 Å². The summed E-state index contributed by atoms with van der Waals surface area (Å²) in [7, 11) is 0. The zero-order valence-corrected chi connectivity index (χ0v) is 15.7.